The largest absolute Gasteiger partial charge is 0.304 e. The first-order valence-electron chi connectivity index (χ1n) is 8.65. The summed E-state index contributed by atoms with van der Waals surface area (Å²) in [5.74, 6) is 0.218. The molecule has 1 aliphatic heterocycles. The Kier molecular flexibility index (Phi) is 4.14. The average Bonchev–Trinajstić information content (AvgIpc) is 3.35. The number of anilines is 1. The molecule has 0 saturated carbocycles. The molecule has 0 spiro atoms. The summed E-state index contributed by atoms with van der Waals surface area (Å²) in [6, 6.07) is 9.13. The minimum absolute atomic E-state index is 0.228. The van der Waals surface area contributed by atoms with Crippen LogP contribution in [0.15, 0.2) is 64.6 Å². The Bertz CT molecular complexity index is 1410. The molecule has 0 bridgehead atoms. The normalized spacial score (nSPS) is 15.2. The summed E-state index contributed by atoms with van der Waals surface area (Å²) < 4.78 is 2.41. The fraction of sp³-hybridized carbons (Fsp3) is 0.0500. The molecule has 1 amide bonds. The van der Waals surface area contributed by atoms with Gasteiger partial charge in [0.1, 0.15) is 4.53 Å². The lowest BCUT2D eigenvalue weighted by atomic mass is 10.1. The predicted octanol–water partition coefficient (Wildman–Crippen LogP) is 2.43. The van der Waals surface area contributed by atoms with Gasteiger partial charge in [-0.2, -0.15) is 9.50 Å². The van der Waals surface area contributed by atoms with Crippen molar-refractivity contribution in [1.29, 1.82) is 0 Å². The summed E-state index contributed by atoms with van der Waals surface area (Å²) in [5.41, 5.74) is 2.25. The summed E-state index contributed by atoms with van der Waals surface area (Å²) in [7, 11) is 0. The highest BCUT2D eigenvalue weighted by Gasteiger charge is 2.34. The molecule has 3 aromatic heterocycles. The molecule has 5 rings (SSSR count). The van der Waals surface area contributed by atoms with Crippen molar-refractivity contribution in [3.63, 3.8) is 0 Å². The fourth-order valence-corrected chi connectivity index (χ4v) is 4.70. The van der Waals surface area contributed by atoms with Crippen molar-refractivity contribution in [3.8, 4) is 11.4 Å². The van der Waals surface area contributed by atoms with Gasteiger partial charge in [0.25, 0.3) is 11.5 Å². The van der Waals surface area contributed by atoms with E-state index in [1.54, 1.807) is 35.5 Å². The topological polar surface area (TPSA) is 80.5 Å². The van der Waals surface area contributed by atoms with Crippen molar-refractivity contribution >= 4 is 49.4 Å². The van der Waals surface area contributed by atoms with Crippen LogP contribution >= 0.6 is 27.3 Å². The van der Waals surface area contributed by atoms with Crippen LogP contribution in [0.5, 0.6) is 0 Å². The zero-order chi connectivity index (χ0) is 20.1. The van der Waals surface area contributed by atoms with E-state index in [-0.39, 0.29) is 11.5 Å². The van der Waals surface area contributed by atoms with E-state index in [4.69, 9.17) is 0 Å². The van der Waals surface area contributed by atoms with E-state index in [1.807, 2.05) is 18.2 Å². The SMILES string of the molecule is C=CCN1C(=O)/C(=c2\sc3nc(-c4ccncc4)nn3c2=O)c2cc(Br)ccc21. The van der Waals surface area contributed by atoms with E-state index in [0.717, 1.165) is 15.7 Å². The van der Waals surface area contributed by atoms with Crippen LogP contribution in [-0.2, 0) is 4.79 Å². The van der Waals surface area contributed by atoms with Crippen molar-refractivity contribution in [2.24, 2.45) is 0 Å². The highest BCUT2D eigenvalue weighted by molar-refractivity contribution is 9.10. The molecule has 7 nitrogen and oxygen atoms in total. The minimum Gasteiger partial charge on any atom is -0.304 e. The van der Waals surface area contributed by atoms with E-state index in [2.05, 4.69) is 37.6 Å². The number of carbonyl (C=O) groups is 1. The zero-order valence-corrected chi connectivity index (χ0v) is 17.3. The Morgan fingerprint density at radius 2 is 1.97 bits per heavy atom. The summed E-state index contributed by atoms with van der Waals surface area (Å²) >= 11 is 4.62. The van der Waals surface area contributed by atoms with Gasteiger partial charge in [-0.05, 0) is 30.3 Å². The first-order valence-corrected chi connectivity index (χ1v) is 10.3. The molecular formula is C20H12BrN5O2S. The third-order valence-corrected chi connectivity index (χ3v) is 6.14. The van der Waals surface area contributed by atoms with E-state index in [9.17, 15) is 9.59 Å². The molecule has 142 valence electrons. The lowest BCUT2D eigenvalue weighted by Crippen LogP contribution is -2.32. The predicted molar refractivity (Wildman–Crippen MR) is 115 cm³/mol. The Morgan fingerprint density at radius 3 is 2.69 bits per heavy atom. The second-order valence-corrected chi connectivity index (χ2v) is 8.24. The quantitative estimate of drug-likeness (QED) is 0.434. The lowest BCUT2D eigenvalue weighted by molar-refractivity contribution is -0.112. The van der Waals surface area contributed by atoms with Crippen LogP contribution in [0.2, 0.25) is 0 Å². The zero-order valence-electron chi connectivity index (χ0n) is 14.9. The van der Waals surface area contributed by atoms with Gasteiger partial charge >= 0.3 is 0 Å². The molecule has 4 aromatic rings. The first kappa shape index (κ1) is 17.9. The minimum atomic E-state index is -0.354. The van der Waals surface area contributed by atoms with Crippen LogP contribution in [0.4, 0.5) is 5.69 Å². The average molecular weight is 466 g/mol. The van der Waals surface area contributed by atoms with Gasteiger partial charge in [-0.1, -0.05) is 33.3 Å². The summed E-state index contributed by atoms with van der Waals surface area (Å²) in [6.45, 7) is 4.09. The van der Waals surface area contributed by atoms with E-state index in [0.29, 0.717) is 33.0 Å². The molecule has 0 unspecified atom stereocenters. The Hall–Kier alpha value is -3.17. The second kappa shape index (κ2) is 6.71. The van der Waals surface area contributed by atoms with Gasteiger partial charge in [-0.3, -0.25) is 14.6 Å². The number of rotatable bonds is 3. The third-order valence-electron chi connectivity index (χ3n) is 4.61. The molecule has 0 N–H and O–H groups in total. The van der Waals surface area contributed by atoms with Crippen LogP contribution in [0, 0.1) is 0 Å². The monoisotopic (exact) mass is 465 g/mol. The van der Waals surface area contributed by atoms with Gasteiger partial charge < -0.3 is 4.90 Å². The highest BCUT2D eigenvalue weighted by Crippen LogP contribution is 2.37. The van der Waals surface area contributed by atoms with Crippen LogP contribution in [-0.4, -0.2) is 32.0 Å². The maximum absolute atomic E-state index is 13.1. The number of carbonyl (C=O) groups excluding carboxylic acids is 1. The third kappa shape index (κ3) is 2.73. The van der Waals surface area contributed by atoms with Crippen LogP contribution in [0.3, 0.4) is 0 Å². The second-order valence-electron chi connectivity index (χ2n) is 6.34. The number of nitrogens with zero attached hydrogens (tertiary/aromatic N) is 5. The summed E-state index contributed by atoms with van der Waals surface area (Å²) in [6.07, 6.45) is 4.95. The molecule has 0 fully saturated rings. The van der Waals surface area contributed by atoms with Gasteiger partial charge in [0.2, 0.25) is 4.96 Å². The van der Waals surface area contributed by atoms with Gasteiger partial charge in [0.05, 0.1) is 11.3 Å². The molecule has 9 heteroatoms. The lowest BCUT2D eigenvalue weighted by Gasteiger charge is -2.14. The Labute approximate surface area is 176 Å². The summed E-state index contributed by atoms with van der Waals surface area (Å²) in [5, 5.41) is 4.34. The molecular weight excluding hydrogens is 454 g/mol. The molecule has 0 atom stereocenters. The van der Waals surface area contributed by atoms with Crippen LogP contribution in [0.1, 0.15) is 5.56 Å². The van der Waals surface area contributed by atoms with Crippen molar-refractivity contribution in [3.05, 3.63) is 80.3 Å². The number of aromatic nitrogens is 4. The van der Waals surface area contributed by atoms with Gasteiger partial charge in [-0.15, -0.1) is 11.7 Å². The number of thiazole rings is 1. The van der Waals surface area contributed by atoms with Gasteiger partial charge in [0, 0.05) is 34.5 Å². The van der Waals surface area contributed by atoms with Crippen molar-refractivity contribution in [2.45, 2.75) is 0 Å². The van der Waals surface area contributed by atoms with E-state index < -0.39 is 0 Å². The fourth-order valence-electron chi connectivity index (χ4n) is 3.34. The van der Waals surface area contributed by atoms with Gasteiger partial charge in [-0.25, -0.2) is 0 Å². The van der Waals surface area contributed by atoms with Gasteiger partial charge in [0.15, 0.2) is 5.82 Å². The molecule has 1 aromatic carbocycles. The van der Waals surface area contributed by atoms with Crippen molar-refractivity contribution in [2.75, 3.05) is 11.4 Å². The molecule has 29 heavy (non-hydrogen) atoms. The van der Waals surface area contributed by atoms with Crippen LogP contribution in [0.25, 0.3) is 21.9 Å². The molecule has 0 saturated heterocycles. The Morgan fingerprint density at radius 1 is 1.17 bits per heavy atom. The van der Waals surface area contributed by atoms with E-state index >= 15 is 0 Å². The number of hydrogen-bond acceptors (Lipinski definition) is 6. The molecule has 0 radical (unpaired) electrons. The first-order chi connectivity index (χ1) is 14.1. The number of fused-ring (bicyclic) bond motifs is 2. The number of hydrogen-bond donors (Lipinski definition) is 0. The maximum Gasteiger partial charge on any atom is 0.291 e. The standard InChI is InChI=1S/C20H12BrN5O2S/c1-2-9-25-14-4-3-12(21)10-13(14)15(18(25)27)16-19(28)26-20(29-16)23-17(24-26)11-5-7-22-8-6-11/h2-8,10H,1,9H2/b16-15-. The number of benzene rings is 1. The smallest absolute Gasteiger partial charge is 0.291 e. The molecule has 4 heterocycles. The molecule has 1 aliphatic rings. The Balaban J connectivity index is 1.76. The number of halogens is 1. The van der Waals surface area contributed by atoms with Crippen molar-refractivity contribution < 1.29 is 4.79 Å². The molecule has 0 aliphatic carbocycles. The summed E-state index contributed by atoms with van der Waals surface area (Å²) in [4.78, 5) is 36.7. The van der Waals surface area contributed by atoms with Crippen LogP contribution < -0.4 is 15.0 Å². The highest BCUT2D eigenvalue weighted by atomic mass is 79.9. The number of amides is 1. The van der Waals surface area contributed by atoms with E-state index in [1.165, 1.54) is 15.9 Å². The van der Waals surface area contributed by atoms with Crippen molar-refractivity contribution in [1.82, 2.24) is 19.6 Å². The number of pyridine rings is 1. The maximum atomic E-state index is 13.1.